The number of primary amides is 1. The molecule has 0 atom stereocenters. The Morgan fingerprint density at radius 1 is 1.00 bits per heavy atom. The van der Waals surface area contributed by atoms with Crippen LogP contribution in [0.15, 0.2) is 54.7 Å². The normalized spacial score (nSPS) is 11.0. The topological polar surface area (TPSA) is 85.4 Å². The number of carbonyl (C=O) groups excluding carboxylic acids is 3. The van der Waals surface area contributed by atoms with Gasteiger partial charge in [-0.25, -0.2) is 0 Å². The Labute approximate surface area is 197 Å². The van der Waals surface area contributed by atoms with E-state index in [4.69, 9.17) is 28.9 Å². The summed E-state index contributed by atoms with van der Waals surface area (Å²) in [5.74, 6) is -1.11. The highest BCUT2D eigenvalue weighted by Gasteiger charge is 2.24. The minimum atomic E-state index is -0.530. The molecule has 2 heterocycles. The average Bonchev–Trinajstić information content (AvgIpc) is 3.32. The number of benzene rings is 2. The Hall–Kier alpha value is -3.13. The van der Waals surface area contributed by atoms with Crippen molar-refractivity contribution in [1.82, 2.24) is 9.47 Å². The Bertz CT molecular complexity index is 1370. The molecule has 4 aromatic rings. The van der Waals surface area contributed by atoms with Crippen molar-refractivity contribution in [2.24, 2.45) is 5.73 Å². The number of thiophene rings is 1. The first-order valence-electron chi connectivity index (χ1n) is 9.44. The predicted molar refractivity (Wildman–Crippen MR) is 128 cm³/mol. The summed E-state index contributed by atoms with van der Waals surface area (Å²) in [6, 6.07) is 13.3. The molecule has 32 heavy (non-hydrogen) atoms. The van der Waals surface area contributed by atoms with E-state index in [1.807, 2.05) is 0 Å². The van der Waals surface area contributed by atoms with Crippen LogP contribution in [0.2, 0.25) is 10.0 Å². The van der Waals surface area contributed by atoms with Crippen LogP contribution in [0.1, 0.15) is 30.4 Å². The second kappa shape index (κ2) is 8.43. The fourth-order valence-corrected chi connectivity index (χ4v) is 5.11. The minimum absolute atomic E-state index is 0.170. The zero-order valence-electron chi connectivity index (χ0n) is 17.1. The molecule has 0 fully saturated rings. The quantitative estimate of drug-likeness (QED) is 0.432. The lowest BCUT2D eigenvalue weighted by Crippen LogP contribution is -2.20. The molecule has 0 unspecified atom stereocenters. The number of carbonyl (C=O) groups is 3. The number of aromatic nitrogens is 1. The zero-order chi connectivity index (χ0) is 23.2. The van der Waals surface area contributed by atoms with Crippen molar-refractivity contribution in [3.63, 3.8) is 0 Å². The van der Waals surface area contributed by atoms with Crippen LogP contribution < -0.4 is 5.73 Å². The standard InChI is InChI=1S/C23H17Cl2N3O3S/c1-27(2)22(30)18-10-17-20(32-18)14(12-6-8-13(9-7-12)21(26)29)11-28(17)23(31)19-15(24)4-3-5-16(19)25/h3-11H,1-2H3,(H2,26,29). The van der Waals surface area contributed by atoms with Crippen LogP contribution in [0.5, 0.6) is 0 Å². The third kappa shape index (κ3) is 3.79. The molecule has 162 valence electrons. The van der Waals surface area contributed by atoms with E-state index < -0.39 is 11.8 Å². The van der Waals surface area contributed by atoms with Crippen LogP contribution in [0.25, 0.3) is 21.3 Å². The Morgan fingerprint density at radius 3 is 2.19 bits per heavy atom. The van der Waals surface area contributed by atoms with E-state index in [0.29, 0.717) is 16.0 Å². The Morgan fingerprint density at radius 2 is 1.62 bits per heavy atom. The molecule has 0 aliphatic rings. The lowest BCUT2D eigenvalue weighted by Gasteiger charge is -2.08. The lowest BCUT2D eigenvalue weighted by atomic mass is 10.1. The molecular formula is C23H17Cl2N3O3S. The van der Waals surface area contributed by atoms with Gasteiger partial charge < -0.3 is 10.6 Å². The van der Waals surface area contributed by atoms with Crippen LogP contribution in [0.4, 0.5) is 0 Å². The molecule has 6 nitrogen and oxygen atoms in total. The first kappa shape index (κ1) is 22.1. The number of rotatable bonds is 4. The minimum Gasteiger partial charge on any atom is -0.366 e. The number of halogens is 2. The molecule has 2 aromatic carbocycles. The monoisotopic (exact) mass is 485 g/mol. The van der Waals surface area contributed by atoms with Gasteiger partial charge >= 0.3 is 0 Å². The fourth-order valence-electron chi connectivity index (χ4n) is 3.35. The molecule has 0 spiro atoms. The molecule has 0 saturated carbocycles. The van der Waals surface area contributed by atoms with Gasteiger partial charge in [-0.2, -0.15) is 0 Å². The van der Waals surface area contributed by atoms with Gasteiger partial charge in [0, 0.05) is 31.4 Å². The molecule has 4 rings (SSSR count). The van der Waals surface area contributed by atoms with Gasteiger partial charge in [0.1, 0.15) is 0 Å². The highest BCUT2D eigenvalue weighted by atomic mass is 35.5. The van der Waals surface area contributed by atoms with E-state index in [0.717, 1.165) is 15.8 Å². The van der Waals surface area contributed by atoms with E-state index in [9.17, 15) is 14.4 Å². The van der Waals surface area contributed by atoms with Crippen molar-refractivity contribution in [3.05, 3.63) is 80.8 Å². The number of nitrogens with two attached hydrogens (primary N) is 1. The SMILES string of the molecule is CN(C)C(=O)c1cc2c(s1)c(-c1ccc(C(N)=O)cc1)cn2C(=O)c1c(Cl)cccc1Cl. The maximum Gasteiger partial charge on any atom is 0.265 e. The summed E-state index contributed by atoms with van der Waals surface area (Å²) in [7, 11) is 3.33. The molecule has 2 aromatic heterocycles. The first-order valence-corrected chi connectivity index (χ1v) is 11.0. The summed E-state index contributed by atoms with van der Waals surface area (Å²) >= 11 is 13.8. The number of hydrogen-bond acceptors (Lipinski definition) is 4. The smallest absolute Gasteiger partial charge is 0.265 e. The molecular weight excluding hydrogens is 469 g/mol. The number of nitrogens with zero attached hydrogens (tertiary/aromatic N) is 2. The van der Waals surface area contributed by atoms with Crippen molar-refractivity contribution in [1.29, 1.82) is 0 Å². The first-order chi connectivity index (χ1) is 15.2. The van der Waals surface area contributed by atoms with Crippen molar-refractivity contribution in [3.8, 4) is 11.1 Å². The molecule has 9 heteroatoms. The molecule has 2 amide bonds. The summed E-state index contributed by atoms with van der Waals surface area (Å²) in [5, 5.41) is 0.466. The Balaban J connectivity index is 1.94. The van der Waals surface area contributed by atoms with Crippen LogP contribution in [-0.4, -0.2) is 41.3 Å². The molecule has 0 bridgehead atoms. The molecule has 0 aliphatic carbocycles. The van der Waals surface area contributed by atoms with E-state index in [-0.39, 0.29) is 21.5 Å². The molecule has 0 saturated heterocycles. The van der Waals surface area contributed by atoms with Crippen molar-refractivity contribution in [2.75, 3.05) is 14.1 Å². The summed E-state index contributed by atoms with van der Waals surface area (Å²) in [6.07, 6.45) is 1.69. The van der Waals surface area contributed by atoms with Gasteiger partial charge in [-0.05, 0) is 35.9 Å². The van der Waals surface area contributed by atoms with Gasteiger partial charge in [0.2, 0.25) is 5.91 Å². The van der Waals surface area contributed by atoms with Crippen molar-refractivity contribution in [2.45, 2.75) is 0 Å². The molecule has 0 aliphatic heterocycles. The van der Waals surface area contributed by atoms with Crippen LogP contribution in [0, 0.1) is 0 Å². The summed E-state index contributed by atoms with van der Waals surface area (Å²) in [6.45, 7) is 0. The summed E-state index contributed by atoms with van der Waals surface area (Å²) < 4.78 is 2.20. The highest BCUT2D eigenvalue weighted by Crippen LogP contribution is 2.38. The van der Waals surface area contributed by atoms with E-state index in [1.54, 1.807) is 68.8 Å². The van der Waals surface area contributed by atoms with Crippen molar-refractivity contribution >= 4 is 62.5 Å². The van der Waals surface area contributed by atoms with Gasteiger partial charge in [0.25, 0.3) is 11.8 Å². The summed E-state index contributed by atoms with van der Waals surface area (Å²) in [5.41, 5.74) is 7.95. The van der Waals surface area contributed by atoms with Gasteiger partial charge in [0.15, 0.2) is 0 Å². The highest BCUT2D eigenvalue weighted by molar-refractivity contribution is 7.21. The lowest BCUT2D eigenvalue weighted by molar-refractivity contribution is 0.0831. The van der Waals surface area contributed by atoms with Gasteiger partial charge in [-0.1, -0.05) is 41.4 Å². The van der Waals surface area contributed by atoms with E-state index in [2.05, 4.69) is 0 Å². The van der Waals surface area contributed by atoms with Crippen LogP contribution in [0.3, 0.4) is 0 Å². The predicted octanol–water partition coefficient (Wildman–Crippen LogP) is 5.17. The van der Waals surface area contributed by atoms with Gasteiger partial charge in [0.05, 0.1) is 30.7 Å². The second-order valence-corrected chi connectivity index (χ2v) is 9.15. The third-order valence-electron chi connectivity index (χ3n) is 4.97. The number of amides is 2. The number of fused-ring (bicyclic) bond motifs is 1. The second-order valence-electron chi connectivity index (χ2n) is 7.28. The summed E-state index contributed by atoms with van der Waals surface area (Å²) in [4.78, 5) is 39.4. The van der Waals surface area contributed by atoms with E-state index in [1.165, 1.54) is 20.8 Å². The van der Waals surface area contributed by atoms with Gasteiger partial charge in [-0.15, -0.1) is 11.3 Å². The molecule has 0 radical (unpaired) electrons. The van der Waals surface area contributed by atoms with E-state index >= 15 is 0 Å². The van der Waals surface area contributed by atoms with Gasteiger partial charge in [-0.3, -0.25) is 19.0 Å². The fraction of sp³-hybridized carbons (Fsp3) is 0.0870. The zero-order valence-corrected chi connectivity index (χ0v) is 19.4. The largest absolute Gasteiger partial charge is 0.366 e. The van der Waals surface area contributed by atoms with Crippen LogP contribution in [-0.2, 0) is 0 Å². The Kier molecular flexibility index (Phi) is 5.81. The maximum absolute atomic E-state index is 13.4. The molecule has 2 N–H and O–H groups in total. The van der Waals surface area contributed by atoms with Crippen LogP contribution >= 0.6 is 34.5 Å². The number of hydrogen-bond donors (Lipinski definition) is 1. The maximum atomic E-state index is 13.4. The third-order valence-corrected chi connectivity index (χ3v) is 6.74. The average molecular weight is 486 g/mol. The van der Waals surface area contributed by atoms with Crippen molar-refractivity contribution < 1.29 is 14.4 Å².